The first-order valence-electron chi connectivity index (χ1n) is 4.59. The number of pyridine rings is 1. The minimum atomic E-state index is -0.404. The van der Waals surface area contributed by atoms with Crippen LogP contribution in [0.25, 0.3) is 0 Å². The van der Waals surface area contributed by atoms with Gasteiger partial charge in [-0.1, -0.05) is 17.7 Å². The molecule has 1 aromatic heterocycles. The highest BCUT2D eigenvalue weighted by Gasteiger charge is 2.00. The standard InChI is InChI=1S/C11H9ClFN3/c12-7-4-8(13)6-9(5-7)15-11-3-1-2-10(14)16-11/h1-6H,(H3,14,15,16). The van der Waals surface area contributed by atoms with Gasteiger partial charge in [-0.15, -0.1) is 0 Å². The summed E-state index contributed by atoms with van der Waals surface area (Å²) in [6.45, 7) is 0. The molecule has 0 radical (unpaired) electrons. The number of nitrogen functional groups attached to an aromatic ring is 1. The number of hydrogen-bond acceptors (Lipinski definition) is 3. The van der Waals surface area contributed by atoms with Gasteiger partial charge in [0.05, 0.1) is 0 Å². The van der Waals surface area contributed by atoms with Gasteiger partial charge in [-0.25, -0.2) is 9.37 Å². The summed E-state index contributed by atoms with van der Waals surface area (Å²) in [4.78, 5) is 4.03. The molecular weight excluding hydrogens is 229 g/mol. The van der Waals surface area contributed by atoms with Crippen LogP contribution in [0.5, 0.6) is 0 Å². The lowest BCUT2D eigenvalue weighted by molar-refractivity contribution is 0.628. The van der Waals surface area contributed by atoms with E-state index in [1.54, 1.807) is 24.3 Å². The summed E-state index contributed by atoms with van der Waals surface area (Å²) >= 11 is 5.72. The van der Waals surface area contributed by atoms with Gasteiger partial charge in [-0.05, 0) is 30.3 Å². The fourth-order valence-electron chi connectivity index (χ4n) is 1.29. The third kappa shape index (κ3) is 2.61. The van der Waals surface area contributed by atoms with Gasteiger partial charge in [-0.3, -0.25) is 0 Å². The maximum atomic E-state index is 13.0. The topological polar surface area (TPSA) is 50.9 Å². The molecule has 0 saturated heterocycles. The molecule has 0 spiro atoms. The average Bonchev–Trinajstić information content (AvgIpc) is 2.15. The van der Waals surface area contributed by atoms with E-state index in [4.69, 9.17) is 17.3 Å². The maximum absolute atomic E-state index is 13.0. The van der Waals surface area contributed by atoms with Crippen molar-refractivity contribution in [2.75, 3.05) is 11.1 Å². The van der Waals surface area contributed by atoms with Crippen molar-refractivity contribution in [3.8, 4) is 0 Å². The molecular formula is C11H9ClFN3. The predicted octanol–water partition coefficient (Wildman–Crippen LogP) is 3.20. The minimum absolute atomic E-state index is 0.325. The molecule has 1 heterocycles. The molecule has 0 saturated carbocycles. The Hall–Kier alpha value is -1.81. The largest absolute Gasteiger partial charge is 0.384 e. The second-order valence-corrected chi connectivity index (χ2v) is 3.67. The number of nitrogens with zero attached hydrogens (tertiary/aromatic N) is 1. The fourth-order valence-corrected chi connectivity index (χ4v) is 1.52. The van der Waals surface area contributed by atoms with Crippen molar-refractivity contribution in [1.82, 2.24) is 4.98 Å². The molecule has 0 bridgehead atoms. The summed E-state index contributed by atoms with van der Waals surface area (Å²) in [5.74, 6) is 0.535. The Labute approximate surface area is 97.1 Å². The van der Waals surface area contributed by atoms with E-state index in [1.165, 1.54) is 12.1 Å². The predicted molar refractivity (Wildman–Crippen MR) is 63.3 cm³/mol. The average molecular weight is 238 g/mol. The zero-order chi connectivity index (χ0) is 11.5. The summed E-state index contributed by atoms with van der Waals surface area (Å²) in [6, 6.07) is 9.33. The molecule has 0 aliphatic rings. The Bertz CT molecular complexity index is 496. The second-order valence-electron chi connectivity index (χ2n) is 3.23. The van der Waals surface area contributed by atoms with Crippen LogP contribution in [0.15, 0.2) is 36.4 Å². The maximum Gasteiger partial charge on any atom is 0.132 e. The summed E-state index contributed by atoms with van der Waals surface area (Å²) in [7, 11) is 0. The van der Waals surface area contributed by atoms with Crippen molar-refractivity contribution in [2.24, 2.45) is 0 Å². The van der Waals surface area contributed by atoms with Gasteiger partial charge < -0.3 is 11.1 Å². The molecule has 0 aliphatic carbocycles. The zero-order valence-electron chi connectivity index (χ0n) is 8.24. The second kappa shape index (κ2) is 4.37. The molecule has 0 unspecified atom stereocenters. The Balaban J connectivity index is 2.27. The molecule has 2 aromatic rings. The van der Waals surface area contributed by atoms with Crippen LogP contribution in [0.2, 0.25) is 5.02 Å². The van der Waals surface area contributed by atoms with E-state index in [2.05, 4.69) is 10.3 Å². The normalized spacial score (nSPS) is 10.1. The lowest BCUT2D eigenvalue weighted by Crippen LogP contribution is -1.96. The Morgan fingerprint density at radius 2 is 2.06 bits per heavy atom. The first-order chi connectivity index (χ1) is 7.63. The molecule has 1 aromatic carbocycles. The lowest BCUT2D eigenvalue weighted by Gasteiger charge is -2.06. The monoisotopic (exact) mass is 237 g/mol. The molecule has 3 nitrogen and oxygen atoms in total. The third-order valence-corrected chi connectivity index (χ3v) is 2.12. The number of nitrogens with two attached hydrogens (primary N) is 1. The van der Waals surface area contributed by atoms with Crippen LogP contribution < -0.4 is 11.1 Å². The van der Waals surface area contributed by atoms with Crippen LogP contribution in [0, 0.1) is 5.82 Å². The molecule has 5 heteroatoms. The van der Waals surface area contributed by atoms with Crippen molar-refractivity contribution in [3.05, 3.63) is 47.2 Å². The number of anilines is 3. The van der Waals surface area contributed by atoms with Crippen LogP contribution in [-0.4, -0.2) is 4.98 Å². The van der Waals surface area contributed by atoms with E-state index in [0.29, 0.717) is 22.3 Å². The van der Waals surface area contributed by atoms with Crippen LogP contribution in [0.4, 0.5) is 21.7 Å². The van der Waals surface area contributed by atoms with Crippen LogP contribution >= 0.6 is 11.6 Å². The van der Waals surface area contributed by atoms with Gasteiger partial charge in [0.2, 0.25) is 0 Å². The van der Waals surface area contributed by atoms with Crippen LogP contribution in [-0.2, 0) is 0 Å². The number of halogens is 2. The molecule has 0 atom stereocenters. The van der Waals surface area contributed by atoms with Gasteiger partial charge in [0.15, 0.2) is 0 Å². The molecule has 0 amide bonds. The van der Waals surface area contributed by atoms with Gasteiger partial charge in [0, 0.05) is 10.7 Å². The number of hydrogen-bond donors (Lipinski definition) is 2. The Kier molecular flexibility index (Phi) is 2.92. The quantitative estimate of drug-likeness (QED) is 0.843. The third-order valence-electron chi connectivity index (χ3n) is 1.91. The van der Waals surface area contributed by atoms with E-state index < -0.39 is 5.82 Å². The van der Waals surface area contributed by atoms with E-state index in [1.807, 2.05) is 0 Å². The highest BCUT2D eigenvalue weighted by Crippen LogP contribution is 2.21. The summed E-state index contributed by atoms with van der Waals surface area (Å²) < 4.78 is 13.0. The number of benzene rings is 1. The highest BCUT2D eigenvalue weighted by atomic mass is 35.5. The molecule has 16 heavy (non-hydrogen) atoms. The Morgan fingerprint density at radius 3 is 2.75 bits per heavy atom. The zero-order valence-corrected chi connectivity index (χ0v) is 9.00. The minimum Gasteiger partial charge on any atom is -0.384 e. The summed E-state index contributed by atoms with van der Waals surface area (Å²) in [5.41, 5.74) is 6.05. The number of aromatic nitrogens is 1. The molecule has 3 N–H and O–H groups in total. The Morgan fingerprint density at radius 1 is 1.25 bits per heavy atom. The van der Waals surface area contributed by atoms with Crippen molar-refractivity contribution in [3.63, 3.8) is 0 Å². The van der Waals surface area contributed by atoms with Gasteiger partial charge in [0.25, 0.3) is 0 Å². The van der Waals surface area contributed by atoms with Crippen molar-refractivity contribution in [2.45, 2.75) is 0 Å². The first-order valence-corrected chi connectivity index (χ1v) is 4.97. The van der Waals surface area contributed by atoms with E-state index >= 15 is 0 Å². The summed E-state index contributed by atoms with van der Waals surface area (Å²) in [5, 5.41) is 3.24. The van der Waals surface area contributed by atoms with Crippen molar-refractivity contribution < 1.29 is 4.39 Å². The van der Waals surface area contributed by atoms with E-state index in [-0.39, 0.29) is 0 Å². The van der Waals surface area contributed by atoms with Crippen LogP contribution in [0.1, 0.15) is 0 Å². The van der Waals surface area contributed by atoms with Crippen LogP contribution in [0.3, 0.4) is 0 Å². The first kappa shape index (κ1) is 10.7. The highest BCUT2D eigenvalue weighted by molar-refractivity contribution is 6.30. The van der Waals surface area contributed by atoms with E-state index in [9.17, 15) is 4.39 Å². The smallest absolute Gasteiger partial charge is 0.132 e. The van der Waals surface area contributed by atoms with Crippen molar-refractivity contribution in [1.29, 1.82) is 0 Å². The lowest BCUT2D eigenvalue weighted by atomic mass is 10.3. The molecule has 0 aliphatic heterocycles. The fraction of sp³-hybridized carbons (Fsp3) is 0. The number of nitrogens with one attached hydrogen (secondary N) is 1. The molecule has 2 rings (SSSR count). The van der Waals surface area contributed by atoms with Crippen molar-refractivity contribution >= 4 is 28.9 Å². The van der Waals surface area contributed by atoms with Gasteiger partial charge in [0.1, 0.15) is 17.5 Å². The molecule has 82 valence electrons. The SMILES string of the molecule is Nc1cccc(Nc2cc(F)cc(Cl)c2)n1. The van der Waals surface area contributed by atoms with E-state index in [0.717, 1.165) is 0 Å². The molecule has 0 fully saturated rings. The number of rotatable bonds is 2. The van der Waals surface area contributed by atoms with Gasteiger partial charge >= 0.3 is 0 Å². The summed E-state index contributed by atoms with van der Waals surface area (Å²) in [6.07, 6.45) is 0. The van der Waals surface area contributed by atoms with Gasteiger partial charge in [-0.2, -0.15) is 0 Å².